The quantitative estimate of drug-likeness (QED) is 0.842. The molecule has 1 aromatic rings. The second kappa shape index (κ2) is 6.57. The normalized spacial score (nSPS) is 10.8. The summed E-state index contributed by atoms with van der Waals surface area (Å²) in [5, 5.41) is 3.16. The number of hydrogen-bond donors (Lipinski definition) is 1. The van der Waals surface area contributed by atoms with Crippen LogP contribution >= 0.6 is 0 Å². The molecule has 18 heavy (non-hydrogen) atoms. The van der Waals surface area contributed by atoms with Gasteiger partial charge in [-0.05, 0) is 13.3 Å². The summed E-state index contributed by atoms with van der Waals surface area (Å²) in [6, 6.07) is 0. The number of nitrogens with zero attached hydrogens (tertiary/aromatic N) is 3. The largest absolute Gasteiger partial charge is 0.373 e. The summed E-state index contributed by atoms with van der Waals surface area (Å²) in [7, 11) is 4.02. The first-order chi connectivity index (χ1) is 8.51. The molecule has 0 aliphatic heterocycles. The minimum Gasteiger partial charge on any atom is -0.373 e. The molecule has 0 saturated heterocycles. The van der Waals surface area contributed by atoms with Gasteiger partial charge in [-0.3, -0.25) is 0 Å². The average Bonchev–Trinajstić information content (AvgIpc) is 2.35. The van der Waals surface area contributed by atoms with E-state index >= 15 is 0 Å². The molecule has 0 aromatic carbocycles. The summed E-state index contributed by atoms with van der Waals surface area (Å²) in [4.78, 5) is 11.5. The van der Waals surface area contributed by atoms with Gasteiger partial charge in [0, 0.05) is 32.1 Å². The van der Waals surface area contributed by atoms with Crippen LogP contribution in [0.2, 0.25) is 0 Å². The molecule has 1 aromatic heterocycles. The summed E-state index contributed by atoms with van der Waals surface area (Å²) < 4.78 is 0. The van der Waals surface area contributed by atoms with Crippen LogP contribution in [-0.4, -0.2) is 30.6 Å². The Morgan fingerprint density at radius 3 is 2.44 bits per heavy atom. The summed E-state index contributed by atoms with van der Waals surface area (Å²) in [6.07, 6.45) is 2.39. The van der Waals surface area contributed by atoms with Gasteiger partial charge < -0.3 is 10.2 Å². The first-order valence-corrected chi connectivity index (χ1v) is 6.78. The zero-order chi connectivity index (χ0) is 13.7. The van der Waals surface area contributed by atoms with Gasteiger partial charge in [-0.25, -0.2) is 9.97 Å². The van der Waals surface area contributed by atoms with E-state index < -0.39 is 0 Å². The van der Waals surface area contributed by atoms with Gasteiger partial charge in [0.2, 0.25) is 0 Å². The fourth-order valence-corrected chi connectivity index (χ4v) is 1.90. The van der Waals surface area contributed by atoms with Crippen molar-refractivity contribution < 1.29 is 0 Å². The van der Waals surface area contributed by atoms with E-state index in [-0.39, 0.29) is 0 Å². The maximum atomic E-state index is 4.71. The summed E-state index contributed by atoms with van der Waals surface area (Å²) in [5.74, 6) is 3.23. The molecule has 4 nitrogen and oxygen atoms in total. The first kappa shape index (κ1) is 14.7. The Hall–Kier alpha value is -1.32. The van der Waals surface area contributed by atoms with E-state index in [2.05, 4.69) is 49.9 Å². The highest BCUT2D eigenvalue weighted by atomic mass is 15.2. The Morgan fingerprint density at radius 1 is 1.28 bits per heavy atom. The summed E-state index contributed by atoms with van der Waals surface area (Å²) in [6.45, 7) is 9.57. The van der Waals surface area contributed by atoms with Crippen molar-refractivity contribution in [3.05, 3.63) is 11.4 Å². The molecule has 102 valence electrons. The van der Waals surface area contributed by atoms with Crippen LogP contribution in [0.25, 0.3) is 0 Å². The van der Waals surface area contributed by atoms with Gasteiger partial charge >= 0.3 is 0 Å². The molecule has 0 spiro atoms. The smallest absolute Gasteiger partial charge is 0.137 e. The number of anilines is 2. The van der Waals surface area contributed by atoms with Crippen molar-refractivity contribution in [3.8, 4) is 0 Å². The fraction of sp³-hybridized carbons (Fsp3) is 0.714. The minimum atomic E-state index is 0.344. The van der Waals surface area contributed by atoms with E-state index in [0.717, 1.165) is 29.6 Å². The lowest BCUT2D eigenvalue weighted by molar-refractivity contribution is 0.733. The molecule has 0 unspecified atom stereocenters. The molecule has 0 amide bonds. The van der Waals surface area contributed by atoms with Crippen molar-refractivity contribution in [1.82, 2.24) is 9.97 Å². The molecule has 4 heteroatoms. The van der Waals surface area contributed by atoms with Crippen molar-refractivity contribution in [1.29, 1.82) is 0 Å². The number of rotatable bonds is 6. The maximum absolute atomic E-state index is 4.71. The number of hydrogen-bond acceptors (Lipinski definition) is 4. The lowest BCUT2D eigenvalue weighted by atomic mass is 10.2. The van der Waals surface area contributed by atoms with Crippen molar-refractivity contribution >= 4 is 11.6 Å². The van der Waals surface area contributed by atoms with Crippen molar-refractivity contribution in [3.63, 3.8) is 0 Å². The predicted octanol–water partition coefficient (Wildman–Crippen LogP) is 3.19. The van der Waals surface area contributed by atoms with E-state index in [1.54, 1.807) is 0 Å². The van der Waals surface area contributed by atoms with Gasteiger partial charge in [0.25, 0.3) is 0 Å². The van der Waals surface area contributed by atoms with Crippen molar-refractivity contribution in [2.45, 2.75) is 46.5 Å². The zero-order valence-corrected chi connectivity index (χ0v) is 12.5. The van der Waals surface area contributed by atoms with Gasteiger partial charge in [-0.15, -0.1) is 0 Å². The highest BCUT2D eigenvalue weighted by Crippen LogP contribution is 2.25. The lowest BCUT2D eigenvalue weighted by Crippen LogP contribution is -2.22. The lowest BCUT2D eigenvalue weighted by Gasteiger charge is -2.22. The van der Waals surface area contributed by atoms with Crippen LogP contribution in [0.4, 0.5) is 11.6 Å². The SMILES string of the molecule is CCCCN(C)c1nc(C(C)C)nc(NC)c1C. The molecular weight excluding hydrogens is 224 g/mol. The van der Waals surface area contributed by atoms with Gasteiger partial charge in [0.05, 0.1) is 0 Å². The third-order valence-electron chi connectivity index (χ3n) is 3.10. The standard InChI is InChI=1S/C14H26N4/c1-7-8-9-18(6)14-11(4)13(15-5)16-12(17-14)10(2)3/h10H,7-9H2,1-6H3,(H,15,16,17). The van der Waals surface area contributed by atoms with Crippen LogP contribution in [0.3, 0.4) is 0 Å². The van der Waals surface area contributed by atoms with Crippen LogP contribution in [0.15, 0.2) is 0 Å². The molecule has 0 atom stereocenters. The van der Waals surface area contributed by atoms with E-state index in [9.17, 15) is 0 Å². The zero-order valence-electron chi connectivity index (χ0n) is 12.5. The van der Waals surface area contributed by atoms with Crippen molar-refractivity contribution in [2.75, 3.05) is 30.9 Å². The Morgan fingerprint density at radius 2 is 1.94 bits per heavy atom. The molecular formula is C14H26N4. The minimum absolute atomic E-state index is 0.344. The molecule has 0 aliphatic carbocycles. The van der Waals surface area contributed by atoms with Crippen LogP contribution in [-0.2, 0) is 0 Å². The van der Waals surface area contributed by atoms with Crippen LogP contribution in [0, 0.1) is 6.92 Å². The number of aromatic nitrogens is 2. The second-order valence-electron chi connectivity index (χ2n) is 5.06. The predicted molar refractivity (Wildman–Crippen MR) is 78.6 cm³/mol. The Balaban J connectivity index is 3.11. The molecule has 0 aliphatic rings. The monoisotopic (exact) mass is 250 g/mol. The van der Waals surface area contributed by atoms with Crippen LogP contribution < -0.4 is 10.2 Å². The second-order valence-corrected chi connectivity index (χ2v) is 5.06. The van der Waals surface area contributed by atoms with E-state index in [0.29, 0.717) is 5.92 Å². The third-order valence-corrected chi connectivity index (χ3v) is 3.10. The molecule has 0 bridgehead atoms. The number of nitrogens with one attached hydrogen (secondary N) is 1. The van der Waals surface area contributed by atoms with E-state index in [4.69, 9.17) is 4.98 Å². The van der Waals surface area contributed by atoms with Crippen LogP contribution in [0.1, 0.15) is 50.9 Å². The van der Waals surface area contributed by atoms with E-state index in [1.165, 1.54) is 12.8 Å². The Kier molecular flexibility index (Phi) is 5.38. The molecule has 0 saturated carbocycles. The van der Waals surface area contributed by atoms with Crippen molar-refractivity contribution in [2.24, 2.45) is 0 Å². The van der Waals surface area contributed by atoms with Crippen LogP contribution in [0.5, 0.6) is 0 Å². The van der Waals surface area contributed by atoms with Gasteiger partial charge in [0.1, 0.15) is 17.5 Å². The third kappa shape index (κ3) is 3.34. The fourth-order valence-electron chi connectivity index (χ4n) is 1.90. The Labute approximate surface area is 111 Å². The van der Waals surface area contributed by atoms with E-state index in [1.807, 2.05) is 7.05 Å². The molecule has 0 fully saturated rings. The molecule has 0 radical (unpaired) electrons. The van der Waals surface area contributed by atoms with Gasteiger partial charge in [0.15, 0.2) is 0 Å². The highest BCUT2D eigenvalue weighted by molar-refractivity contribution is 5.58. The molecule has 1 rings (SSSR count). The maximum Gasteiger partial charge on any atom is 0.137 e. The summed E-state index contributed by atoms with van der Waals surface area (Å²) >= 11 is 0. The molecule has 1 heterocycles. The Bertz CT molecular complexity index is 388. The number of unbranched alkanes of at least 4 members (excludes halogenated alkanes) is 1. The summed E-state index contributed by atoms with van der Waals surface area (Å²) in [5.41, 5.74) is 1.13. The van der Waals surface area contributed by atoms with Gasteiger partial charge in [-0.1, -0.05) is 27.2 Å². The topological polar surface area (TPSA) is 41.1 Å². The first-order valence-electron chi connectivity index (χ1n) is 6.78. The van der Waals surface area contributed by atoms with Gasteiger partial charge in [-0.2, -0.15) is 0 Å². The average molecular weight is 250 g/mol. The highest BCUT2D eigenvalue weighted by Gasteiger charge is 2.14. The molecule has 1 N–H and O–H groups in total.